The van der Waals surface area contributed by atoms with Crippen LogP contribution in [0.25, 0.3) is 0 Å². The van der Waals surface area contributed by atoms with Crippen molar-refractivity contribution in [1.82, 2.24) is 9.80 Å². The quantitative estimate of drug-likeness (QED) is 0.873. The molecule has 0 aromatic heterocycles. The molecule has 1 N–H and O–H groups in total. The van der Waals surface area contributed by atoms with Crippen molar-refractivity contribution in [3.05, 3.63) is 35.9 Å². The highest BCUT2D eigenvalue weighted by Gasteiger charge is 2.33. The summed E-state index contributed by atoms with van der Waals surface area (Å²) in [4.78, 5) is 4.83. The molecular formula is C20H32N2O. The van der Waals surface area contributed by atoms with E-state index in [0.29, 0.717) is 0 Å². The van der Waals surface area contributed by atoms with E-state index in [1.54, 1.807) is 0 Å². The summed E-state index contributed by atoms with van der Waals surface area (Å²) in [5.74, 6) is 0.895. The van der Waals surface area contributed by atoms with Gasteiger partial charge in [0.05, 0.1) is 6.10 Å². The minimum atomic E-state index is -0.246. The molecule has 0 radical (unpaired) electrons. The van der Waals surface area contributed by atoms with Crippen molar-refractivity contribution in [3.8, 4) is 0 Å². The first-order valence-corrected chi connectivity index (χ1v) is 9.37. The lowest BCUT2D eigenvalue weighted by Gasteiger charge is -2.45. The first-order chi connectivity index (χ1) is 11.2. The van der Waals surface area contributed by atoms with E-state index >= 15 is 0 Å². The summed E-state index contributed by atoms with van der Waals surface area (Å²) in [6.07, 6.45) is 8.02. The molecule has 1 aliphatic carbocycles. The number of benzene rings is 1. The number of fused-ring (bicyclic) bond motifs is 1. The second-order valence-electron chi connectivity index (χ2n) is 7.59. The molecule has 3 nitrogen and oxygen atoms in total. The number of nitrogens with zero attached hydrogens (tertiary/aromatic N) is 2. The van der Waals surface area contributed by atoms with E-state index in [9.17, 15) is 5.11 Å². The lowest BCUT2D eigenvalue weighted by Crippen LogP contribution is -2.50. The van der Waals surface area contributed by atoms with E-state index in [1.807, 2.05) is 0 Å². The molecule has 1 heterocycles. The highest BCUT2D eigenvalue weighted by atomic mass is 16.3. The predicted molar refractivity (Wildman–Crippen MR) is 95.3 cm³/mol. The summed E-state index contributed by atoms with van der Waals surface area (Å²) in [6, 6.07) is 11.3. The molecule has 1 aromatic rings. The van der Waals surface area contributed by atoms with Crippen LogP contribution in [-0.2, 0) is 6.54 Å². The van der Waals surface area contributed by atoms with Gasteiger partial charge in [-0.2, -0.15) is 0 Å². The first kappa shape index (κ1) is 16.9. The number of β-amino-alcohol motifs (C(OH)–C–C–N with tert-alkyl or cyclic N) is 1. The zero-order valence-electron chi connectivity index (χ0n) is 14.5. The fourth-order valence-corrected chi connectivity index (χ4v) is 4.60. The Kier molecular flexibility index (Phi) is 6.09. The number of aliphatic hydroxyl groups excluding tert-OH is 1. The van der Waals surface area contributed by atoms with Gasteiger partial charge in [0.15, 0.2) is 0 Å². The third-order valence-electron chi connectivity index (χ3n) is 5.62. The molecule has 3 unspecified atom stereocenters. The number of hydrogen-bond donors (Lipinski definition) is 1. The summed E-state index contributed by atoms with van der Waals surface area (Å²) in [5.41, 5.74) is 1.31. The van der Waals surface area contributed by atoms with Crippen molar-refractivity contribution >= 4 is 0 Å². The Bertz CT molecular complexity index is 462. The maximum Gasteiger partial charge on any atom is 0.0793 e. The molecule has 128 valence electrons. The monoisotopic (exact) mass is 316 g/mol. The summed E-state index contributed by atoms with van der Waals surface area (Å²) in [7, 11) is 2.11. The Labute approximate surface area is 141 Å². The smallest absolute Gasteiger partial charge is 0.0793 e. The van der Waals surface area contributed by atoms with E-state index in [4.69, 9.17) is 0 Å². The molecule has 2 aliphatic rings. The van der Waals surface area contributed by atoms with Gasteiger partial charge >= 0.3 is 0 Å². The Morgan fingerprint density at radius 2 is 1.87 bits per heavy atom. The lowest BCUT2D eigenvalue weighted by atomic mass is 9.78. The molecule has 0 spiro atoms. The molecule has 3 heteroatoms. The van der Waals surface area contributed by atoms with Crippen molar-refractivity contribution in [2.45, 2.75) is 57.2 Å². The Balaban J connectivity index is 1.47. The van der Waals surface area contributed by atoms with E-state index < -0.39 is 0 Å². The van der Waals surface area contributed by atoms with Crippen LogP contribution in [0.4, 0.5) is 0 Å². The average molecular weight is 316 g/mol. The molecule has 1 aromatic carbocycles. The third-order valence-corrected chi connectivity index (χ3v) is 5.62. The molecule has 3 atom stereocenters. The van der Waals surface area contributed by atoms with Gasteiger partial charge in [-0.3, -0.25) is 9.80 Å². The highest BCUT2D eigenvalue weighted by molar-refractivity contribution is 5.14. The minimum absolute atomic E-state index is 0.246. The van der Waals surface area contributed by atoms with Gasteiger partial charge < -0.3 is 5.11 Å². The van der Waals surface area contributed by atoms with Gasteiger partial charge in [0.1, 0.15) is 0 Å². The molecule has 23 heavy (non-hydrogen) atoms. The largest absolute Gasteiger partial charge is 0.390 e. The maximum absolute atomic E-state index is 10.6. The van der Waals surface area contributed by atoms with E-state index in [1.165, 1.54) is 50.6 Å². The van der Waals surface area contributed by atoms with E-state index in [2.05, 4.69) is 47.2 Å². The van der Waals surface area contributed by atoms with Crippen LogP contribution in [0, 0.1) is 5.92 Å². The molecule has 2 fully saturated rings. The number of aliphatic hydroxyl groups is 1. The van der Waals surface area contributed by atoms with Gasteiger partial charge in [-0.05, 0) is 50.8 Å². The second kappa shape index (κ2) is 8.27. The van der Waals surface area contributed by atoms with E-state index in [0.717, 1.165) is 31.6 Å². The number of rotatable bonds is 6. The van der Waals surface area contributed by atoms with Gasteiger partial charge in [0.2, 0.25) is 0 Å². The minimum Gasteiger partial charge on any atom is -0.390 e. The van der Waals surface area contributed by atoms with Crippen LogP contribution in [0.5, 0.6) is 0 Å². The van der Waals surface area contributed by atoms with Crippen molar-refractivity contribution in [2.24, 2.45) is 5.92 Å². The molecule has 0 amide bonds. The summed E-state index contributed by atoms with van der Waals surface area (Å²) < 4.78 is 0. The van der Waals surface area contributed by atoms with Crippen molar-refractivity contribution in [2.75, 3.05) is 26.7 Å². The number of likely N-dealkylation sites (N-methyl/N-ethyl adjacent to an activating group) is 1. The predicted octanol–water partition coefficient (Wildman–Crippen LogP) is 3.13. The third kappa shape index (κ3) is 4.79. The SMILES string of the molecule is CN(Cc1ccccc1)CC(O)CN1CCCC2CCCCC21. The van der Waals surface area contributed by atoms with Gasteiger partial charge in [0, 0.05) is 25.7 Å². The average Bonchev–Trinajstić information content (AvgIpc) is 2.56. The summed E-state index contributed by atoms with van der Waals surface area (Å²) in [5, 5.41) is 10.6. The standard InChI is InChI=1S/C20H32N2O/c1-21(14-17-8-3-2-4-9-17)15-19(23)16-22-13-7-11-18-10-5-6-12-20(18)22/h2-4,8-9,18-20,23H,5-7,10-16H2,1H3. The summed E-state index contributed by atoms with van der Waals surface area (Å²) in [6.45, 7) is 3.69. The van der Waals surface area contributed by atoms with Crippen molar-refractivity contribution in [1.29, 1.82) is 0 Å². The van der Waals surface area contributed by atoms with Crippen LogP contribution in [0.2, 0.25) is 0 Å². The fourth-order valence-electron chi connectivity index (χ4n) is 4.60. The molecule has 1 aliphatic heterocycles. The van der Waals surface area contributed by atoms with Crippen LogP contribution in [0.15, 0.2) is 30.3 Å². The first-order valence-electron chi connectivity index (χ1n) is 9.37. The Morgan fingerprint density at radius 3 is 2.70 bits per heavy atom. The number of hydrogen-bond acceptors (Lipinski definition) is 3. The van der Waals surface area contributed by atoms with Gasteiger partial charge in [0.25, 0.3) is 0 Å². The second-order valence-corrected chi connectivity index (χ2v) is 7.59. The molecular weight excluding hydrogens is 284 g/mol. The maximum atomic E-state index is 10.6. The van der Waals surface area contributed by atoms with Crippen LogP contribution in [0.1, 0.15) is 44.1 Å². The van der Waals surface area contributed by atoms with Gasteiger partial charge in [-0.15, -0.1) is 0 Å². The summed E-state index contributed by atoms with van der Waals surface area (Å²) >= 11 is 0. The van der Waals surface area contributed by atoms with Gasteiger partial charge in [-0.1, -0.05) is 43.2 Å². The van der Waals surface area contributed by atoms with Crippen molar-refractivity contribution in [3.63, 3.8) is 0 Å². The lowest BCUT2D eigenvalue weighted by molar-refractivity contribution is 0.0114. The Hall–Kier alpha value is -0.900. The zero-order chi connectivity index (χ0) is 16.1. The molecule has 3 rings (SSSR count). The fraction of sp³-hybridized carbons (Fsp3) is 0.700. The van der Waals surface area contributed by atoms with Crippen LogP contribution in [0.3, 0.4) is 0 Å². The van der Waals surface area contributed by atoms with Crippen LogP contribution < -0.4 is 0 Å². The van der Waals surface area contributed by atoms with Crippen LogP contribution >= 0.6 is 0 Å². The molecule has 1 saturated heterocycles. The van der Waals surface area contributed by atoms with Gasteiger partial charge in [-0.25, -0.2) is 0 Å². The number of likely N-dealkylation sites (tertiary alicyclic amines) is 1. The molecule has 1 saturated carbocycles. The molecule has 0 bridgehead atoms. The normalized spacial score (nSPS) is 26.9. The highest BCUT2D eigenvalue weighted by Crippen LogP contribution is 2.35. The topological polar surface area (TPSA) is 26.7 Å². The number of piperidine rings is 1. The Morgan fingerprint density at radius 1 is 1.13 bits per heavy atom. The van der Waals surface area contributed by atoms with E-state index in [-0.39, 0.29) is 6.10 Å². The van der Waals surface area contributed by atoms with Crippen LogP contribution in [-0.4, -0.2) is 53.7 Å². The van der Waals surface area contributed by atoms with Crippen molar-refractivity contribution < 1.29 is 5.11 Å². The zero-order valence-corrected chi connectivity index (χ0v) is 14.5.